The Morgan fingerprint density at radius 2 is 0.529 bits per heavy atom. The van der Waals surface area contributed by atoms with Crippen LogP contribution in [0.1, 0.15) is 310 Å². The van der Waals surface area contributed by atoms with Gasteiger partial charge in [-0.15, -0.1) is 0 Å². The van der Waals surface area contributed by atoms with Gasteiger partial charge in [0.15, 0.2) is 6.10 Å². The van der Waals surface area contributed by atoms with Gasteiger partial charge in [-0.2, -0.15) is 0 Å². The predicted molar refractivity (Wildman–Crippen MR) is 293 cm³/mol. The summed E-state index contributed by atoms with van der Waals surface area (Å²) in [5, 5.41) is 0. The van der Waals surface area contributed by atoms with Gasteiger partial charge in [-0.05, 0) is 83.5 Å². The quantitative estimate of drug-likeness (QED) is 0.0262. The normalized spacial score (nSPS) is 12.3. The molecule has 0 aliphatic rings. The maximum Gasteiger partial charge on any atom is 0.306 e. The number of hydrogen-bond acceptors (Lipinski definition) is 6. The van der Waals surface area contributed by atoms with Gasteiger partial charge in [-0.25, -0.2) is 0 Å². The summed E-state index contributed by atoms with van der Waals surface area (Å²) in [4.78, 5) is 37.9. The summed E-state index contributed by atoms with van der Waals surface area (Å²) < 4.78 is 16.8. The molecule has 0 saturated heterocycles. The van der Waals surface area contributed by atoms with Gasteiger partial charge in [0, 0.05) is 19.3 Å². The molecule has 0 bridgehead atoms. The van der Waals surface area contributed by atoms with Crippen molar-refractivity contribution in [3.8, 4) is 0 Å². The lowest BCUT2D eigenvalue weighted by Gasteiger charge is -2.18. The molecule has 0 radical (unpaired) electrons. The first-order valence-electron chi connectivity index (χ1n) is 29.6. The molecule has 0 spiro atoms. The Hall–Kier alpha value is -2.63. The van der Waals surface area contributed by atoms with Crippen LogP contribution < -0.4 is 0 Å². The summed E-state index contributed by atoms with van der Waals surface area (Å²) >= 11 is 0. The lowest BCUT2D eigenvalue weighted by atomic mass is 10.0. The third kappa shape index (κ3) is 54.3. The monoisotopic (exact) mass is 953 g/mol. The Labute approximate surface area is 422 Å². The lowest BCUT2D eigenvalue weighted by molar-refractivity contribution is -0.167. The number of hydrogen-bond donors (Lipinski definition) is 0. The molecule has 0 heterocycles. The van der Waals surface area contributed by atoms with Crippen molar-refractivity contribution in [2.75, 3.05) is 13.2 Å². The molecule has 1 unspecified atom stereocenters. The molecule has 396 valence electrons. The van der Waals surface area contributed by atoms with Crippen LogP contribution in [0.15, 0.2) is 48.6 Å². The van der Waals surface area contributed by atoms with E-state index in [-0.39, 0.29) is 31.1 Å². The molecule has 0 saturated carbocycles. The van der Waals surface area contributed by atoms with Gasteiger partial charge in [0.2, 0.25) is 0 Å². The molecule has 68 heavy (non-hydrogen) atoms. The van der Waals surface area contributed by atoms with E-state index >= 15 is 0 Å². The summed E-state index contributed by atoms with van der Waals surface area (Å²) in [6.45, 7) is 6.59. The smallest absolute Gasteiger partial charge is 0.306 e. The van der Waals surface area contributed by atoms with Gasteiger partial charge < -0.3 is 14.2 Å². The molecule has 0 aromatic carbocycles. The molecular weight excluding hydrogens is 841 g/mol. The molecule has 0 aromatic rings. The molecule has 0 aliphatic heterocycles. The van der Waals surface area contributed by atoms with Gasteiger partial charge in [0.05, 0.1) is 0 Å². The van der Waals surface area contributed by atoms with Crippen LogP contribution in [0.25, 0.3) is 0 Å². The second-order valence-electron chi connectivity index (χ2n) is 19.9. The van der Waals surface area contributed by atoms with Crippen LogP contribution in [0, 0.1) is 0 Å². The van der Waals surface area contributed by atoms with E-state index in [1.54, 1.807) is 0 Å². The van der Waals surface area contributed by atoms with Crippen LogP contribution in [-0.4, -0.2) is 37.2 Å². The maximum atomic E-state index is 12.8. The number of carbonyl (C=O) groups excluding carboxylic acids is 3. The van der Waals surface area contributed by atoms with Crippen LogP contribution in [0.4, 0.5) is 0 Å². The molecule has 0 N–H and O–H groups in total. The highest BCUT2D eigenvalue weighted by atomic mass is 16.6. The molecule has 0 amide bonds. The van der Waals surface area contributed by atoms with Crippen LogP contribution in [0.5, 0.6) is 0 Å². The van der Waals surface area contributed by atoms with Crippen LogP contribution in [0.2, 0.25) is 0 Å². The highest BCUT2D eigenvalue weighted by molar-refractivity contribution is 5.71. The topological polar surface area (TPSA) is 78.9 Å². The van der Waals surface area contributed by atoms with E-state index in [4.69, 9.17) is 14.2 Å². The minimum Gasteiger partial charge on any atom is -0.462 e. The number of allylic oxidation sites excluding steroid dienone is 8. The maximum absolute atomic E-state index is 12.8. The first kappa shape index (κ1) is 65.4. The Morgan fingerprint density at radius 1 is 0.294 bits per heavy atom. The van der Waals surface area contributed by atoms with Gasteiger partial charge in [0.1, 0.15) is 13.2 Å². The van der Waals surface area contributed by atoms with Gasteiger partial charge in [-0.1, -0.05) is 256 Å². The second-order valence-corrected chi connectivity index (χ2v) is 19.9. The van der Waals surface area contributed by atoms with E-state index in [2.05, 4.69) is 69.4 Å². The van der Waals surface area contributed by atoms with E-state index in [0.29, 0.717) is 19.3 Å². The summed E-state index contributed by atoms with van der Waals surface area (Å²) in [6.07, 6.45) is 70.0. The summed E-state index contributed by atoms with van der Waals surface area (Å²) in [5.41, 5.74) is 0. The van der Waals surface area contributed by atoms with Gasteiger partial charge in [-0.3, -0.25) is 14.4 Å². The zero-order valence-electron chi connectivity index (χ0n) is 45.4. The first-order valence-corrected chi connectivity index (χ1v) is 29.6. The van der Waals surface area contributed by atoms with E-state index in [1.165, 1.54) is 193 Å². The third-order valence-corrected chi connectivity index (χ3v) is 13.1. The standard InChI is InChI=1S/C62H112O6/c1-4-7-10-13-16-18-20-22-24-26-28-30-31-33-34-36-38-40-42-44-46-49-52-55-61(64)67-58-59(57-66-60(63)54-51-48-15-12-9-6-3)68-62(65)56-53-50-47-45-43-41-39-37-35-32-29-27-25-23-21-19-17-14-11-8-5-2/h21,23,26-29,35,37,59H,4-20,22,24-25,30-34,36,38-58H2,1-3H3/b23-21-,28-26-,29-27-,37-35-. The summed E-state index contributed by atoms with van der Waals surface area (Å²) in [7, 11) is 0. The SMILES string of the molecule is CCCCCCC/C=C\C/C=C\C/C=C\CCCCCCCCC(=O)OC(COC(=O)CCCCCCCC)COC(=O)CCCCCCCCCCCCC/C=C\CCCCCCCCCC. The zero-order valence-corrected chi connectivity index (χ0v) is 45.4. The van der Waals surface area contributed by atoms with E-state index in [0.717, 1.165) is 77.0 Å². The zero-order chi connectivity index (χ0) is 49.3. The number of carbonyl (C=O) groups is 3. The molecule has 0 fully saturated rings. The van der Waals surface area contributed by atoms with Crippen molar-refractivity contribution in [2.45, 2.75) is 316 Å². The fourth-order valence-electron chi connectivity index (χ4n) is 8.56. The fraction of sp³-hybridized carbons (Fsp3) is 0.823. The average molecular weight is 954 g/mol. The average Bonchev–Trinajstić information content (AvgIpc) is 3.34. The highest BCUT2D eigenvalue weighted by Crippen LogP contribution is 2.16. The van der Waals surface area contributed by atoms with Gasteiger partial charge >= 0.3 is 17.9 Å². The van der Waals surface area contributed by atoms with Crippen LogP contribution >= 0.6 is 0 Å². The Morgan fingerprint density at radius 3 is 0.838 bits per heavy atom. The van der Waals surface area contributed by atoms with Crippen molar-refractivity contribution < 1.29 is 28.6 Å². The summed E-state index contributed by atoms with van der Waals surface area (Å²) in [5.74, 6) is -0.888. The van der Waals surface area contributed by atoms with Crippen molar-refractivity contribution >= 4 is 17.9 Å². The number of ether oxygens (including phenoxy) is 3. The Balaban J connectivity index is 4.14. The van der Waals surface area contributed by atoms with Gasteiger partial charge in [0.25, 0.3) is 0 Å². The number of esters is 3. The second kappa shape index (κ2) is 57.0. The Bertz CT molecular complexity index is 1190. The van der Waals surface area contributed by atoms with Crippen molar-refractivity contribution in [3.63, 3.8) is 0 Å². The molecule has 0 aromatic heterocycles. The number of rotatable bonds is 54. The van der Waals surface area contributed by atoms with Crippen molar-refractivity contribution in [1.29, 1.82) is 0 Å². The first-order chi connectivity index (χ1) is 33.5. The Kier molecular flexibility index (Phi) is 54.8. The highest BCUT2D eigenvalue weighted by Gasteiger charge is 2.19. The molecule has 6 heteroatoms. The largest absolute Gasteiger partial charge is 0.462 e. The molecule has 0 aliphatic carbocycles. The lowest BCUT2D eigenvalue weighted by Crippen LogP contribution is -2.30. The minimum absolute atomic E-state index is 0.0771. The molecule has 0 rings (SSSR count). The molecular formula is C62H112O6. The van der Waals surface area contributed by atoms with Crippen LogP contribution in [-0.2, 0) is 28.6 Å². The fourth-order valence-corrected chi connectivity index (χ4v) is 8.56. The third-order valence-electron chi connectivity index (χ3n) is 13.1. The molecule has 6 nitrogen and oxygen atoms in total. The summed E-state index contributed by atoms with van der Waals surface area (Å²) in [6, 6.07) is 0. The minimum atomic E-state index is -0.776. The van der Waals surface area contributed by atoms with Crippen LogP contribution in [0.3, 0.4) is 0 Å². The number of unbranched alkanes of at least 4 members (excludes halogenated alkanes) is 35. The van der Waals surface area contributed by atoms with E-state index in [9.17, 15) is 14.4 Å². The molecule has 1 atom stereocenters. The van der Waals surface area contributed by atoms with E-state index < -0.39 is 6.10 Å². The predicted octanol–water partition coefficient (Wildman–Crippen LogP) is 19.8. The van der Waals surface area contributed by atoms with E-state index in [1.807, 2.05) is 0 Å². The van der Waals surface area contributed by atoms with Crippen molar-refractivity contribution in [3.05, 3.63) is 48.6 Å². The van der Waals surface area contributed by atoms with Crippen molar-refractivity contribution in [2.24, 2.45) is 0 Å². The van der Waals surface area contributed by atoms with Crippen molar-refractivity contribution in [1.82, 2.24) is 0 Å².